The second kappa shape index (κ2) is 5.64. The first-order chi connectivity index (χ1) is 8.45. The monoisotopic (exact) mass is 309 g/mol. The maximum Gasteiger partial charge on any atom is 0.0343 e. The number of benzene rings is 1. The summed E-state index contributed by atoms with van der Waals surface area (Å²) in [4.78, 5) is 0. The first kappa shape index (κ1) is 13.9. The van der Waals surface area contributed by atoms with Crippen molar-refractivity contribution in [3.05, 3.63) is 28.7 Å². The molecule has 1 saturated carbocycles. The first-order valence-electron chi connectivity index (χ1n) is 6.97. The minimum absolute atomic E-state index is 0.475. The van der Waals surface area contributed by atoms with Crippen molar-refractivity contribution >= 4 is 21.6 Å². The van der Waals surface area contributed by atoms with Crippen LogP contribution in [0.15, 0.2) is 28.7 Å². The van der Waals surface area contributed by atoms with Crippen molar-refractivity contribution in [3.8, 4) is 0 Å². The highest BCUT2D eigenvalue weighted by Crippen LogP contribution is 2.38. The van der Waals surface area contributed by atoms with Gasteiger partial charge in [0.05, 0.1) is 0 Å². The van der Waals surface area contributed by atoms with Crippen molar-refractivity contribution in [2.45, 2.75) is 52.5 Å². The van der Waals surface area contributed by atoms with Crippen molar-refractivity contribution in [1.29, 1.82) is 0 Å². The van der Waals surface area contributed by atoms with E-state index in [2.05, 4.69) is 66.3 Å². The Morgan fingerprint density at radius 3 is 2.06 bits per heavy atom. The van der Waals surface area contributed by atoms with Gasteiger partial charge in [0.15, 0.2) is 0 Å². The third kappa shape index (κ3) is 3.74. The second-order valence-electron chi connectivity index (χ2n) is 6.57. The average Bonchev–Trinajstić information content (AvgIpc) is 2.32. The molecule has 0 bridgehead atoms. The number of rotatable bonds is 2. The van der Waals surface area contributed by atoms with Gasteiger partial charge < -0.3 is 5.32 Å². The van der Waals surface area contributed by atoms with Crippen LogP contribution in [0.3, 0.4) is 0 Å². The molecule has 0 amide bonds. The molecule has 0 atom stereocenters. The molecule has 1 aromatic rings. The van der Waals surface area contributed by atoms with E-state index in [1.807, 2.05) is 0 Å². The first-order valence-corrected chi connectivity index (χ1v) is 7.76. The van der Waals surface area contributed by atoms with E-state index in [0.717, 1.165) is 10.4 Å². The van der Waals surface area contributed by atoms with Gasteiger partial charge >= 0.3 is 0 Å². The van der Waals surface area contributed by atoms with E-state index >= 15 is 0 Å². The van der Waals surface area contributed by atoms with Crippen LogP contribution >= 0.6 is 15.9 Å². The van der Waals surface area contributed by atoms with Crippen LogP contribution in [0.2, 0.25) is 0 Å². The molecule has 1 aromatic carbocycles. The van der Waals surface area contributed by atoms with Gasteiger partial charge in [-0.1, -0.05) is 36.7 Å². The Labute approximate surface area is 119 Å². The average molecular weight is 310 g/mol. The maximum atomic E-state index is 3.66. The van der Waals surface area contributed by atoms with Crippen LogP contribution in [-0.2, 0) is 0 Å². The van der Waals surface area contributed by atoms with E-state index in [0.29, 0.717) is 11.5 Å². The molecule has 0 radical (unpaired) electrons. The molecule has 1 aliphatic carbocycles. The van der Waals surface area contributed by atoms with Gasteiger partial charge in [0.1, 0.15) is 0 Å². The zero-order valence-corrected chi connectivity index (χ0v) is 13.3. The van der Waals surface area contributed by atoms with Gasteiger partial charge in [-0.2, -0.15) is 0 Å². The summed E-state index contributed by atoms with van der Waals surface area (Å²) in [6.45, 7) is 7.13. The second-order valence-corrected chi connectivity index (χ2v) is 7.48. The highest BCUT2D eigenvalue weighted by atomic mass is 79.9. The molecule has 1 nitrogen and oxygen atoms in total. The topological polar surface area (TPSA) is 12.0 Å². The molecule has 2 heteroatoms. The third-order valence-electron chi connectivity index (χ3n) is 4.17. The molecule has 18 heavy (non-hydrogen) atoms. The van der Waals surface area contributed by atoms with Crippen LogP contribution in [-0.4, -0.2) is 6.04 Å². The summed E-state index contributed by atoms with van der Waals surface area (Å²) in [5.41, 5.74) is 1.72. The Balaban J connectivity index is 1.85. The molecule has 0 aliphatic heterocycles. The van der Waals surface area contributed by atoms with E-state index in [9.17, 15) is 0 Å². The molecule has 1 N–H and O–H groups in total. The number of hydrogen-bond acceptors (Lipinski definition) is 1. The van der Waals surface area contributed by atoms with E-state index in [1.54, 1.807) is 0 Å². The van der Waals surface area contributed by atoms with Crippen LogP contribution in [0, 0.1) is 11.3 Å². The molecular weight excluding hydrogens is 286 g/mol. The maximum absolute atomic E-state index is 3.66. The summed E-state index contributed by atoms with van der Waals surface area (Å²) < 4.78 is 1.14. The van der Waals surface area contributed by atoms with Gasteiger partial charge in [-0.3, -0.25) is 0 Å². The van der Waals surface area contributed by atoms with E-state index in [1.165, 1.54) is 31.4 Å². The normalized spacial score (nSPS) is 24.9. The van der Waals surface area contributed by atoms with Crippen molar-refractivity contribution < 1.29 is 0 Å². The summed E-state index contributed by atoms with van der Waals surface area (Å²) in [6, 6.07) is 9.16. The van der Waals surface area contributed by atoms with E-state index in [-0.39, 0.29) is 0 Å². The van der Waals surface area contributed by atoms with Crippen LogP contribution in [0.5, 0.6) is 0 Å². The molecule has 2 rings (SSSR count). The SMILES string of the molecule is CC(C)(C)C1CCC(Nc2ccc(Br)cc2)CC1. The zero-order chi connectivity index (χ0) is 13.2. The Morgan fingerprint density at radius 1 is 1.00 bits per heavy atom. The molecule has 0 unspecified atom stereocenters. The molecule has 1 fully saturated rings. The molecular formula is C16H24BrN. The third-order valence-corrected chi connectivity index (χ3v) is 4.70. The van der Waals surface area contributed by atoms with Crippen molar-refractivity contribution in [2.24, 2.45) is 11.3 Å². The fourth-order valence-corrected chi connectivity index (χ4v) is 3.15. The van der Waals surface area contributed by atoms with Gasteiger partial charge in [-0.15, -0.1) is 0 Å². The van der Waals surface area contributed by atoms with E-state index in [4.69, 9.17) is 0 Å². The molecule has 1 aliphatic rings. The van der Waals surface area contributed by atoms with Gasteiger partial charge in [-0.05, 0) is 61.3 Å². The molecule has 0 heterocycles. The van der Waals surface area contributed by atoms with Crippen LogP contribution in [0.25, 0.3) is 0 Å². The smallest absolute Gasteiger partial charge is 0.0343 e. The standard InChI is InChI=1S/C16H24BrN/c1-16(2,3)12-4-8-14(9-5-12)18-15-10-6-13(17)7-11-15/h6-7,10-12,14,18H,4-5,8-9H2,1-3H3. The van der Waals surface area contributed by atoms with Gasteiger partial charge in [-0.25, -0.2) is 0 Å². The van der Waals surface area contributed by atoms with E-state index < -0.39 is 0 Å². The lowest BCUT2D eigenvalue weighted by Crippen LogP contribution is -2.31. The van der Waals surface area contributed by atoms with Crippen molar-refractivity contribution in [3.63, 3.8) is 0 Å². The van der Waals surface area contributed by atoms with Crippen LogP contribution < -0.4 is 5.32 Å². The number of halogens is 1. The number of hydrogen-bond donors (Lipinski definition) is 1. The minimum Gasteiger partial charge on any atom is -0.382 e. The van der Waals surface area contributed by atoms with Gasteiger partial charge in [0.2, 0.25) is 0 Å². The summed E-state index contributed by atoms with van der Waals surface area (Å²) in [6.07, 6.45) is 5.32. The fraction of sp³-hybridized carbons (Fsp3) is 0.625. The minimum atomic E-state index is 0.475. The Morgan fingerprint density at radius 2 is 1.56 bits per heavy atom. The van der Waals surface area contributed by atoms with Crippen molar-refractivity contribution in [2.75, 3.05) is 5.32 Å². The predicted octanol–water partition coefficient (Wildman–Crippen LogP) is 5.47. The summed E-state index contributed by atoms with van der Waals surface area (Å²) >= 11 is 3.47. The Kier molecular flexibility index (Phi) is 4.37. The van der Waals surface area contributed by atoms with Crippen LogP contribution in [0.1, 0.15) is 46.5 Å². The molecule has 100 valence electrons. The highest BCUT2D eigenvalue weighted by Gasteiger charge is 2.29. The highest BCUT2D eigenvalue weighted by molar-refractivity contribution is 9.10. The Bertz CT molecular complexity index is 369. The van der Waals surface area contributed by atoms with Crippen molar-refractivity contribution in [1.82, 2.24) is 0 Å². The van der Waals surface area contributed by atoms with Gasteiger partial charge in [0.25, 0.3) is 0 Å². The number of nitrogens with one attached hydrogen (secondary N) is 1. The summed E-state index contributed by atoms with van der Waals surface area (Å²) in [7, 11) is 0. The molecule has 0 aromatic heterocycles. The lowest BCUT2D eigenvalue weighted by atomic mass is 9.71. The lowest BCUT2D eigenvalue weighted by Gasteiger charge is -2.37. The fourth-order valence-electron chi connectivity index (χ4n) is 2.89. The largest absolute Gasteiger partial charge is 0.382 e. The molecule has 0 saturated heterocycles. The zero-order valence-electron chi connectivity index (χ0n) is 11.7. The predicted molar refractivity (Wildman–Crippen MR) is 83.0 cm³/mol. The summed E-state index contributed by atoms with van der Waals surface area (Å²) in [5, 5.41) is 3.66. The molecule has 0 spiro atoms. The Hall–Kier alpha value is -0.500. The summed E-state index contributed by atoms with van der Waals surface area (Å²) in [5.74, 6) is 0.889. The quantitative estimate of drug-likeness (QED) is 0.764. The number of anilines is 1. The van der Waals surface area contributed by atoms with Crippen LogP contribution in [0.4, 0.5) is 5.69 Å². The lowest BCUT2D eigenvalue weighted by molar-refractivity contribution is 0.173. The van der Waals surface area contributed by atoms with Gasteiger partial charge in [0, 0.05) is 16.2 Å².